The number of likely N-dealkylation sites (tertiary alicyclic amines) is 1. The predicted molar refractivity (Wildman–Crippen MR) is 42.2 cm³/mol. The van der Waals surface area contributed by atoms with E-state index in [1.807, 2.05) is 6.92 Å². The summed E-state index contributed by atoms with van der Waals surface area (Å²) < 4.78 is 0. The van der Waals surface area contributed by atoms with Crippen LogP contribution in [-0.2, 0) is 9.59 Å². The van der Waals surface area contributed by atoms with Gasteiger partial charge in [-0.15, -0.1) is 0 Å². The molecular formula is C8H12N2O2. The molecule has 2 aliphatic heterocycles. The summed E-state index contributed by atoms with van der Waals surface area (Å²) in [6, 6.07) is 0.149. The number of hydrogen-bond acceptors (Lipinski definition) is 3. The highest BCUT2D eigenvalue weighted by Crippen LogP contribution is 2.31. The first-order chi connectivity index (χ1) is 5.63. The molecule has 2 rings (SSSR count). The molecule has 3 atom stereocenters. The Hall–Kier alpha value is -0.900. The van der Waals surface area contributed by atoms with Crippen LogP contribution < -0.4 is 5.32 Å². The molecule has 2 aliphatic rings. The number of nitrogens with one attached hydrogen (secondary N) is 1. The van der Waals surface area contributed by atoms with Crippen molar-refractivity contribution in [2.75, 3.05) is 13.6 Å². The van der Waals surface area contributed by atoms with Crippen LogP contribution in [0, 0.1) is 11.8 Å². The zero-order chi connectivity index (χ0) is 8.88. The maximum Gasteiger partial charge on any atom is 0.234 e. The monoisotopic (exact) mass is 168 g/mol. The number of amides is 2. The molecule has 0 bridgehead atoms. The third-order valence-electron chi connectivity index (χ3n) is 2.90. The van der Waals surface area contributed by atoms with E-state index in [2.05, 4.69) is 5.32 Å². The van der Waals surface area contributed by atoms with Crippen LogP contribution in [-0.4, -0.2) is 36.3 Å². The zero-order valence-electron chi connectivity index (χ0n) is 7.20. The molecule has 1 N–H and O–H groups in total. The Balaban J connectivity index is 2.32. The van der Waals surface area contributed by atoms with Crippen LogP contribution in [0.1, 0.15) is 6.92 Å². The van der Waals surface area contributed by atoms with Gasteiger partial charge in [-0.1, -0.05) is 0 Å². The SMILES string of the molecule is C[C@@H]1NC[C@@H]2C(=O)N(C)C(=O)[C@@H]12. The topological polar surface area (TPSA) is 49.4 Å². The summed E-state index contributed by atoms with van der Waals surface area (Å²) in [5.74, 6) is -0.260. The summed E-state index contributed by atoms with van der Waals surface area (Å²) in [4.78, 5) is 24.1. The average molecular weight is 168 g/mol. The number of imide groups is 1. The van der Waals surface area contributed by atoms with E-state index < -0.39 is 0 Å². The van der Waals surface area contributed by atoms with Gasteiger partial charge in [0, 0.05) is 19.6 Å². The Kier molecular flexibility index (Phi) is 1.48. The molecule has 0 radical (unpaired) electrons. The molecule has 0 aromatic heterocycles. The molecule has 0 aromatic carbocycles. The third kappa shape index (κ3) is 0.756. The van der Waals surface area contributed by atoms with Gasteiger partial charge in [-0.2, -0.15) is 0 Å². The number of fused-ring (bicyclic) bond motifs is 1. The summed E-state index contributed by atoms with van der Waals surface area (Å²) >= 11 is 0. The number of nitrogens with zero attached hydrogens (tertiary/aromatic N) is 1. The van der Waals surface area contributed by atoms with E-state index in [1.54, 1.807) is 7.05 Å². The Morgan fingerprint density at radius 1 is 1.42 bits per heavy atom. The quantitative estimate of drug-likeness (QED) is 0.482. The minimum absolute atomic E-state index is 0.0255. The first-order valence-electron chi connectivity index (χ1n) is 4.17. The molecule has 0 unspecified atom stereocenters. The molecule has 4 nitrogen and oxygen atoms in total. The second-order valence-corrected chi connectivity index (χ2v) is 3.56. The smallest absolute Gasteiger partial charge is 0.234 e. The normalized spacial score (nSPS) is 40.8. The molecule has 2 amide bonds. The number of hydrogen-bond donors (Lipinski definition) is 1. The van der Waals surface area contributed by atoms with Crippen LogP contribution in [0.15, 0.2) is 0 Å². The van der Waals surface area contributed by atoms with Gasteiger partial charge in [-0.3, -0.25) is 14.5 Å². The van der Waals surface area contributed by atoms with Gasteiger partial charge in [0.2, 0.25) is 11.8 Å². The molecule has 12 heavy (non-hydrogen) atoms. The van der Waals surface area contributed by atoms with Crippen LogP contribution >= 0.6 is 0 Å². The fourth-order valence-corrected chi connectivity index (χ4v) is 2.12. The van der Waals surface area contributed by atoms with E-state index in [0.29, 0.717) is 6.54 Å². The lowest BCUT2D eigenvalue weighted by molar-refractivity contribution is -0.138. The van der Waals surface area contributed by atoms with Crippen molar-refractivity contribution in [1.82, 2.24) is 10.2 Å². The van der Waals surface area contributed by atoms with Crippen LogP contribution in [0.25, 0.3) is 0 Å². The van der Waals surface area contributed by atoms with E-state index in [-0.39, 0.29) is 29.7 Å². The predicted octanol–water partition coefficient (Wildman–Crippen LogP) is -0.791. The third-order valence-corrected chi connectivity index (χ3v) is 2.90. The molecule has 66 valence electrons. The maximum absolute atomic E-state index is 11.5. The number of carbonyl (C=O) groups is 2. The van der Waals surface area contributed by atoms with Crippen molar-refractivity contribution in [2.45, 2.75) is 13.0 Å². The number of carbonyl (C=O) groups excluding carboxylic acids is 2. The van der Waals surface area contributed by atoms with Gasteiger partial charge in [0.15, 0.2) is 0 Å². The van der Waals surface area contributed by atoms with Gasteiger partial charge in [-0.25, -0.2) is 0 Å². The molecule has 0 saturated carbocycles. The van der Waals surface area contributed by atoms with E-state index >= 15 is 0 Å². The van der Waals surface area contributed by atoms with Crippen molar-refractivity contribution in [3.63, 3.8) is 0 Å². The van der Waals surface area contributed by atoms with Crippen LogP contribution in [0.4, 0.5) is 0 Å². The van der Waals surface area contributed by atoms with E-state index in [0.717, 1.165) is 0 Å². The molecule has 2 saturated heterocycles. The van der Waals surface area contributed by atoms with Crippen molar-refractivity contribution >= 4 is 11.8 Å². The largest absolute Gasteiger partial charge is 0.313 e. The highest BCUT2D eigenvalue weighted by Gasteiger charge is 2.51. The molecular weight excluding hydrogens is 156 g/mol. The molecule has 0 spiro atoms. The Morgan fingerprint density at radius 2 is 2.08 bits per heavy atom. The van der Waals surface area contributed by atoms with Crippen LogP contribution in [0.3, 0.4) is 0 Å². The molecule has 2 heterocycles. The first-order valence-corrected chi connectivity index (χ1v) is 4.17. The zero-order valence-corrected chi connectivity index (χ0v) is 7.20. The lowest BCUT2D eigenvalue weighted by Crippen LogP contribution is -2.34. The molecule has 0 aromatic rings. The van der Waals surface area contributed by atoms with Crippen molar-refractivity contribution in [3.8, 4) is 0 Å². The maximum atomic E-state index is 11.5. The van der Waals surface area contributed by atoms with Crippen molar-refractivity contribution < 1.29 is 9.59 Å². The van der Waals surface area contributed by atoms with Crippen LogP contribution in [0.2, 0.25) is 0 Å². The van der Waals surface area contributed by atoms with Gasteiger partial charge in [0.05, 0.1) is 11.8 Å². The second kappa shape index (κ2) is 2.29. The van der Waals surface area contributed by atoms with Crippen molar-refractivity contribution in [1.29, 1.82) is 0 Å². The minimum atomic E-state index is -0.109. The van der Waals surface area contributed by atoms with Gasteiger partial charge in [-0.05, 0) is 6.92 Å². The minimum Gasteiger partial charge on any atom is -0.313 e. The summed E-state index contributed by atoms with van der Waals surface area (Å²) in [5.41, 5.74) is 0. The molecule has 2 fully saturated rings. The van der Waals surface area contributed by atoms with Crippen molar-refractivity contribution in [3.05, 3.63) is 0 Å². The van der Waals surface area contributed by atoms with Gasteiger partial charge in [0.25, 0.3) is 0 Å². The van der Waals surface area contributed by atoms with Crippen LogP contribution in [0.5, 0.6) is 0 Å². The lowest BCUT2D eigenvalue weighted by atomic mass is 9.94. The fourth-order valence-electron chi connectivity index (χ4n) is 2.12. The van der Waals surface area contributed by atoms with E-state index in [1.165, 1.54) is 4.90 Å². The lowest BCUT2D eigenvalue weighted by Gasteiger charge is -2.11. The molecule has 0 aliphatic carbocycles. The van der Waals surface area contributed by atoms with Gasteiger partial charge < -0.3 is 5.32 Å². The summed E-state index contributed by atoms with van der Waals surface area (Å²) in [6.07, 6.45) is 0. The van der Waals surface area contributed by atoms with E-state index in [9.17, 15) is 9.59 Å². The highest BCUT2D eigenvalue weighted by atomic mass is 16.2. The van der Waals surface area contributed by atoms with E-state index in [4.69, 9.17) is 0 Å². The summed E-state index contributed by atoms with van der Waals surface area (Å²) in [5, 5.41) is 3.13. The second-order valence-electron chi connectivity index (χ2n) is 3.56. The standard InChI is InChI=1S/C8H12N2O2/c1-4-6-5(3-9-4)7(11)10(2)8(6)12/h4-6,9H,3H2,1-2H3/t4-,5-,6-/m0/s1. The number of rotatable bonds is 0. The Morgan fingerprint density at radius 3 is 2.67 bits per heavy atom. The van der Waals surface area contributed by atoms with Gasteiger partial charge in [0.1, 0.15) is 0 Å². The highest BCUT2D eigenvalue weighted by molar-refractivity contribution is 6.05. The van der Waals surface area contributed by atoms with Gasteiger partial charge >= 0.3 is 0 Å². The fraction of sp³-hybridized carbons (Fsp3) is 0.750. The Bertz CT molecular complexity index is 251. The Labute approximate surface area is 70.9 Å². The molecule has 4 heteroatoms. The summed E-state index contributed by atoms with van der Waals surface area (Å²) in [6.45, 7) is 2.61. The van der Waals surface area contributed by atoms with Crippen molar-refractivity contribution in [2.24, 2.45) is 11.8 Å². The first kappa shape index (κ1) is 7.73. The summed E-state index contributed by atoms with van der Waals surface area (Å²) in [7, 11) is 1.57. The average Bonchev–Trinajstić information content (AvgIpc) is 2.51.